The molecule has 0 N–H and O–H groups in total. The van der Waals surface area contributed by atoms with E-state index in [0.29, 0.717) is 0 Å². The summed E-state index contributed by atoms with van der Waals surface area (Å²) in [5.74, 6) is 0. The zero-order valence-electron chi connectivity index (χ0n) is 28.8. The molecule has 10 aromatic carbocycles. The van der Waals surface area contributed by atoms with Crippen molar-refractivity contribution in [3.05, 3.63) is 188 Å². The Kier molecular flexibility index (Phi) is 6.80. The lowest BCUT2D eigenvalue weighted by atomic mass is 9.84. The summed E-state index contributed by atoms with van der Waals surface area (Å²) in [6.07, 6.45) is 0. The quantitative estimate of drug-likeness (QED) is 0.132. The molecule has 11 rings (SSSR count). The largest absolute Gasteiger partial charge is 0.236 e. The topological polar surface area (TPSA) is 12.9 Å². The van der Waals surface area contributed by atoms with Crippen molar-refractivity contribution >= 4 is 75.4 Å². The molecule has 0 aliphatic rings. The molecule has 53 heavy (non-hydrogen) atoms. The van der Waals surface area contributed by atoms with E-state index in [1.165, 1.54) is 91.9 Å². The highest BCUT2D eigenvalue weighted by molar-refractivity contribution is 7.22. The van der Waals surface area contributed by atoms with E-state index in [-0.39, 0.29) is 0 Å². The smallest absolute Gasteiger partial charge is 0.124 e. The zero-order valence-corrected chi connectivity index (χ0v) is 29.6. The Morgan fingerprint density at radius 1 is 0.340 bits per heavy atom. The summed E-state index contributed by atoms with van der Waals surface area (Å²) in [6, 6.07) is 68.8. The van der Waals surface area contributed by atoms with Gasteiger partial charge in [0.25, 0.3) is 0 Å². The Labute approximate surface area is 311 Å². The van der Waals surface area contributed by atoms with E-state index in [4.69, 9.17) is 4.98 Å². The van der Waals surface area contributed by atoms with Crippen LogP contribution in [0.1, 0.15) is 0 Å². The summed E-state index contributed by atoms with van der Waals surface area (Å²) in [5, 5.41) is 13.6. The van der Waals surface area contributed by atoms with Gasteiger partial charge >= 0.3 is 0 Å². The molecule has 1 aromatic heterocycles. The Morgan fingerprint density at radius 2 is 0.943 bits per heavy atom. The van der Waals surface area contributed by atoms with Crippen molar-refractivity contribution in [1.29, 1.82) is 0 Å². The van der Waals surface area contributed by atoms with Crippen LogP contribution in [0.25, 0.3) is 108 Å². The second-order valence-corrected chi connectivity index (χ2v) is 14.8. The molecule has 0 radical (unpaired) electrons. The van der Waals surface area contributed by atoms with Crippen LogP contribution in [-0.2, 0) is 0 Å². The third kappa shape index (κ3) is 4.80. The van der Waals surface area contributed by atoms with Crippen molar-refractivity contribution in [1.82, 2.24) is 4.98 Å². The van der Waals surface area contributed by atoms with E-state index in [1.54, 1.807) is 11.3 Å². The predicted molar refractivity (Wildman–Crippen MR) is 229 cm³/mol. The average molecular weight is 690 g/mol. The van der Waals surface area contributed by atoms with Crippen molar-refractivity contribution < 1.29 is 0 Å². The van der Waals surface area contributed by atoms with Gasteiger partial charge in [0.1, 0.15) is 5.01 Å². The monoisotopic (exact) mass is 689 g/mol. The molecule has 0 spiro atoms. The van der Waals surface area contributed by atoms with Gasteiger partial charge in [0.2, 0.25) is 0 Å². The van der Waals surface area contributed by atoms with Crippen LogP contribution in [0.5, 0.6) is 0 Å². The number of thiazole rings is 1. The van der Waals surface area contributed by atoms with Gasteiger partial charge in [-0.1, -0.05) is 170 Å². The van der Waals surface area contributed by atoms with Gasteiger partial charge < -0.3 is 0 Å². The molecule has 1 heterocycles. The second-order valence-electron chi connectivity index (χ2n) is 13.8. The summed E-state index contributed by atoms with van der Waals surface area (Å²) in [5.41, 5.74) is 9.70. The second kappa shape index (κ2) is 12.0. The highest BCUT2D eigenvalue weighted by Crippen LogP contribution is 2.47. The van der Waals surface area contributed by atoms with Gasteiger partial charge in [0.05, 0.1) is 10.2 Å². The van der Waals surface area contributed by atoms with E-state index in [0.717, 1.165) is 16.1 Å². The van der Waals surface area contributed by atoms with E-state index >= 15 is 0 Å². The number of nitrogens with zero attached hydrogens (tertiary/aromatic N) is 1. The summed E-state index contributed by atoms with van der Waals surface area (Å²) >= 11 is 1.79. The number of rotatable bonds is 4. The predicted octanol–water partition coefficient (Wildman–Crippen LogP) is 14.7. The Balaban J connectivity index is 1.15. The molecule has 0 aliphatic heterocycles. The molecule has 0 bridgehead atoms. The molecule has 0 amide bonds. The van der Waals surface area contributed by atoms with Crippen LogP contribution in [0.3, 0.4) is 0 Å². The maximum atomic E-state index is 5.06. The minimum atomic E-state index is 1.05. The molecule has 246 valence electrons. The Morgan fingerprint density at radius 3 is 1.68 bits per heavy atom. The molecule has 1 nitrogen and oxygen atoms in total. The molecule has 0 atom stereocenters. The van der Waals surface area contributed by atoms with Crippen molar-refractivity contribution in [3.8, 4) is 44.0 Å². The van der Waals surface area contributed by atoms with E-state index in [1.807, 2.05) is 0 Å². The van der Waals surface area contributed by atoms with E-state index < -0.39 is 0 Å². The first kappa shape index (κ1) is 30.1. The van der Waals surface area contributed by atoms with Gasteiger partial charge in [-0.3, -0.25) is 0 Å². The Hall–Kier alpha value is -6.61. The van der Waals surface area contributed by atoms with Gasteiger partial charge in [0, 0.05) is 10.9 Å². The first-order valence-corrected chi connectivity index (χ1v) is 18.9. The first-order valence-electron chi connectivity index (χ1n) is 18.1. The summed E-state index contributed by atoms with van der Waals surface area (Å²) in [4.78, 5) is 5.06. The number of hydrogen-bond donors (Lipinski definition) is 0. The lowest BCUT2D eigenvalue weighted by molar-refractivity contribution is 1.48. The van der Waals surface area contributed by atoms with Crippen LogP contribution in [0.2, 0.25) is 0 Å². The zero-order chi connectivity index (χ0) is 34.9. The molecule has 0 saturated heterocycles. The molecule has 0 saturated carbocycles. The average Bonchev–Trinajstić information content (AvgIpc) is 3.68. The van der Waals surface area contributed by atoms with E-state index in [2.05, 4.69) is 188 Å². The van der Waals surface area contributed by atoms with Crippen molar-refractivity contribution in [2.24, 2.45) is 0 Å². The molecule has 2 heteroatoms. The molecule has 0 fully saturated rings. The fourth-order valence-electron chi connectivity index (χ4n) is 8.42. The number of hydrogen-bond acceptors (Lipinski definition) is 2. The van der Waals surface area contributed by atoms with Crippen molar-refractivity contribution in [2.45, 2.75) is 0 Å². The van der Waals surface area contributed by atoms with Gasteiger partial charge in [-0.2, -0.15) is 0 Å². The molecule has 11 aromatic rings. The molecule has 0 unspecified atom stereocenters. The van der Waals surface area contributed by atoms with Crippen molar-refractivity contribution in [3.63, 3.8) is 0 Å². The molecule has 0 aliphatic carbocycles. The molecular formula is C51H31NS. The molecular weight excluding hydrogens is 659 g/mol. The van der Waals surface area contributed by atoms with Gasteiger partial charge in [-0.05, 0) is 100 Å². The summed E-state index contributed by atoms with van der Waals surface area (Å²) < 4.78 is 1.24. The summed E-state index contributed by atoms with van der Waals surface area (Å²) in [6.45, 7) is 0. The SMILES string of the molecule is c1ccc(-c2ccc3cccc(-c4c5ccccc5c(-c5ccc6c(ccc7ccc8nc(-c9ccccc9)sc8c76)c5)c5ccccc45)c3c2)cc1. The summed E-state index contributed by atoms with van der Waals surface area (Å²) in [7, 11) is 0. The van der Waals surface area contributed by atoms with E-state index in [9.17, 15) is 0 Å². The highest BCUT2D eigenvalue weighted by Gasteiger charge is 2.19. The van der Waals surface area contributed by atoms with Crippen molar-refractivity contribution in [2.75, 3.05) is 0 Å². The van der Waals surface area contributed by atoms with Crippen LogP contribution in [0.4, 0.5) is 0 Å². The fourth-order valence-corrected chi connectivity index (χ4v) is 9.56. The lowest BCUT2D eigenvalue weighted by Gasteiger charge is -2.19. The standard InChI is InChI=1S/C51H31NS/c1-3-12-32(13-4-1)36-24-22-33-16-11-21-44(45(33)31-36)49-42-19-9-7-17-40(42)47(41-18-8-10-20-43(41)49)38-26-28-39-37(30-38)25-23-34-27-29-46-50(48(34)39)53-51(52-46)35-14-5-2-6-15-35/h1-31H. The third-order valence-electron chi connectivity index (χ3n) is 10.9. The minimum Gasteiger partial charge on any atom is -0.236 e. The number of fused-ring (bicyclic) bond motifs is 8. The Bertz CT molecular complexity index is 3160. The maximum absolute atomic E-state index is 5.06. The van der Waals surface area contributed by atoms with Crippen LogP contribution in [0.15, 0.2) is 188 Å². The first-order chi connectivity index (χ1) is 26.3. The van der Waals surface area contributed by atoms with Gasteiger partial charge in [-0.15, -0.1) is 11.3 Å². The van der Waals surface area contributed by atoms with Crippen LogP contribution >= 0.6 is 11.3 Å². The maximum Gasteiger partial charge on any atom is 0.124 e. The van der Waals surface area contributed by atoms with Gasteiger partial charge in [-0.25, -0.2) is 4.98 Å². The number of benzene rings is 10. The van der Waals surface area contributed by atoms with Crippen LogP contribution < -0.4 is 0 Å². The van der Waals surface area contributed by atoms with Crippen LogP contribution in [0, 0.1) is 0 Å². The lowest BCUT2D eigenvalue weighted by Crippen LogP contribution is -1.92. The normalized spacial score (nSPS) is 11.8. The number of aromatic nitrogens is 1. The minimum absolute atomic E-state index is 1.05. The third-order valence-corrected chi connectivity index (χ3v) is 12.0. The fraction of sp³-hybridized carbons (Fsp3) is 0. The van der Waals surface area contributed by atoms with Gasteiger partial charge in [0.15, 0.2) is 0 Å². The highest BCUT2D eigenvalue weighted by atomic mass is 32.1. The van der Waals surface area contributed by atoms with Crippen LogP contribution in [-0.4, -0.2) is 4.98 Å².